The van der Waals surface area contributed by atoms with E-state index < -0.39 is 37.0 Å². The lowest BCUT2D eigenvalue weighted by atomic mass is 10.1. The second kappa shape index (κ2) is 9.50. The summed E-state index contributed by atoms with van der Waals surface area (Å²) in [5, 5.41) is 0. The zero-order valence-corrected chi connectivity index (χ0v) is 13.7. The van der Waals surface area contributed by atoms with Crippen molar-refractivity contribution in [2.24, 2.45) is 0 Å². The van der Waals surface area contributed by atoms with Crippen molar-refractivity contribution in [1.82, 2.24) is 4.90 Å². The number of carbonyl (C=O) groups is 1. The summed E-state index contributed by atoms with van der Waals surface area (Å²) in [6.45, 7) is 4.11. The molecule has 1 aliphatic rings. The highest BCUT2D eigenvalue weighted by Gasteiger charge is 2.43. The highest BCUT2D eigenvalue weighted by Crippen LogP contribution is 2.35. The molecule has 0 saturated carbocycles. The first kappa shape index (κ1) is 21.1. The molecule has 0 amide bonds. The van der Waals surface area contributed by atoms with Gasteiger partial charge in [-0.15, -0.1) is 0 Å². The predicted molar refractivity (Wildman–Crippen MR) is 76.9 cm³/mol. The van der Waals surface area contributed by atoms with Crippen LogP contribution in [0.25, 0.3) is 0 Å². The van der Waals surface area contributed by atoms with Gasteiger partial charge < -0.3 is 9.47 Å². The Morgan fingerprint density at radius 3 is 2.38 bits per heavy atom. The maximum absolute atomic E-state index is 13.5. The molecule has 1 atom stereocenters. The van der Waals surface area contributed by atoms with Crippen LogP contribution >= 0.6 is 0 Å². The van der Waals surface area contributed by atoms with Crippen LogP contribution in [0.3, 0.4) is 0 Å². The Labute approximate surface area is 138 Å². The van der Waals surface area contributed by atoms with E-state index in [2.05, 4.69) is 0 Å². The van der Waals surface area contributed by atoms with E-state index in [1.807, 2.05) is 4.90 Å². The molecule has 24 heavy (non-hydrogen) atoms. The Morgan fingerprint density at radius 1 is 1.21 bits per heavy atom. The monoisotopic (exact) mass is 361 g/mol. The first-order valence-electron chi connectivity index (χ1n) is 8.05. The largest absolute Gasteiger partial charge is 0.461 e. The fraction of sp³-hybridized carbons (Fsp3) is 0.933. The number of ether oxygens (including phenoxy) is 2. The van der Waals surface area contributed by atoms with Gasteiger partial charge in [-0.25, -0.2) is 8.78 Å². The minimum Gasteiger partial charge on any atom is -0.461 e. The molecule has 1 aliphatic heterocycles. The summed E-state index contributed by atoms with van der Waals surface area (Å²) in [4.78, 5) is 13.5. The fourth-order valence-corrected chi connectivity index (χ4v) is 2.46. The van der Waals surface area contributed by atoms with Crippen molar-refractivity contribution in [3.63, 3.8) is 0 Å². The average Bonchev–Trinajstić information content (AvgIpc) is 2.44. The van der Waals surface area contributed by atoms with Crippen molar-refractivity contribution >= 4 is 5.97 Å². The zero-order valence-electron chi connectivity index (χ0n) is 13.7. The standard InChI is InChI=1S/C15H24F5NO3/c1-2-3-13(22)24-12(10-21-6-8-23-9-7-21)4-5-14(16,17)11-15(18,19)20/h12H,2-11H2,1H3. The van der Waals surface area contributed by atoms with Gasteiger partial charge in [0.05, 0.1) is 13.2 Å². The van der Waals surface area contributed by atoms with Gasteiger partial charge >= 0.3 is 12.1 Å². The molecule has 0 aromatic heterocycles. The summed E-state index contributed by atoms with van der Waals surface area (Å²) in [5.74, 6) is -4.38. The smallest absolute Gasteiger partial charge is 0.394 e. The molecule has 0 spiro atoms. The number of nitrogens with zero attached hydrogens (tertiary/aromatic N) is 1. The van der Waals surface area contributed by atoms with Gasteiger partial charge in [0.1, 0.15) is 12.5 Å². The number of esters is 1. The Kier molecular flexibility index (Phi) is 8.35. The lowest BCUT2D eigenvalue weighted by Crippen LogP contribution is -2.42. The first-order valence-corrected chi connectivity index (χ1v) is 8.05. The quantitative estimate of drug-likeness (QED) is 0.466. The second-order valence-corrected chi connectivity index (χ2v) is 5.96. The third-order valence-electron chi connectivity index (χ3n) is 3.61. The van der Waals surface area contributed by atoms with Crippen LogP contribution in [0.5, 0.6) is 0 Å². The molecule has 1 heterocycles. The maximum atomic E-state index is 13.5. The van der Waals surface area contributed by atoms with Crippen molar-refractivity contribution in [2.75, 3.05) is 32.8 Å². The topological polar surface area (TPSA) is 38.8 Å². The molecular formula is C15H24F5NO3. The molecule has 142 valence electrons. The van der Waals surface area contributed by atoms with E-state index in [-0.39, 0.29) is 19.4 Å². The van der Waals surface area contributed by atoms with Crippen LogP contribution in [0.1, 0.15) is 39.0 Å². The highest BCUT2D eigenvalue weighted by atomic mass is 19.4. The second-order valence-electron chi connectivity index (χ2n) is 5.96. The number of hydrogen-bond acceptors (Lipinski definition) is 4. The summed E-state index contributed by atoms with van der Waals surface area (Å²) in [6.07, 6.45) is -8.51. The van der Waals surface area contributed by atoms with Gasteiger partial charge in [-0.1, -0.05) is 6.92 Å². The van der Waals surface area contributed by atoms with E-state index in [0.717, 1.165) is 0 Å². The van der Waals surface area contributed by atoms with Crippen molar-refractivity contribution in [3.05, 3.63) is 0 Å². The van der Waals surface area contributed by atoms with E-state index in [9.17, 15) is 26.7 Å². The van der Waals surface area contributed by atoms with Crippen molar-refractivity contribution < 1.29 is 36.2 Å². The van der Waals surface area contributed by atoms with Crippen LogP contribution in [-0.2, 0) is 14.3 Å². The number of alkyl halides is 5. The minimum absolute atomic E-state index is 0.151. The number of halogens is 5. The summed E-state index contributed by atoms with van der Waals surface area (Å²) in [7, 11) is 0. The maximum Gasteiger partial charge on any atom is 0.394 e. The van der Waals surface area contributed by atoms with E-state index in [1.54, 1.807) is 6.92 Å². The van der Waals surface area contributed by atoms with Crippen molar-refractivity contribution in [2.45, 2.75) is 57.2 Å². The van der Waals surface area contributed by atoms with Crippen LogP contribution in [-0.4, -0.2) is 61.9 Å². The average molecular weight is 361 g/mol. The third-order valence-corrected chi connectivity index (χ3v) is 3.61. The number of rotatable bonds is 9. The van der Waals surface area contributed by atoms with Crippen LogP contribution < -0.4 is 0 Å². The van der Waals surface area contributed by atoms with Crippen LogP contribution in [0.15, 0.2) is 0 Å². The summed E-state index contributed by atoms with van der Waals surface area (Å²) in [6, 6.07) is 0. The van der Waals surface area contributed by atoms with E-state index in [4.69, 9.17) is 9.47 Å². The Balaban J connectivity index is 2.57. The zero-order chi connectivity index (χ0) is 18.2. The molecule has 0 aromatic rings. The molecule has 0 N–H and O–H groups in total. The Hall–Kier alpha value is -0.960. The van der Waals surface area contributed by atoms with Crippen molar-refractivity contribution in [3.8, 4) is 0 Å². The molecule has 1 saturated heterocycles. The van der Waals surface area contributed by atoms with Gasteiger partial charge in [0.15, 0.2) is 0 Å². The predicted octanol–water partition coefficient (Wildman–Crippen LogP) is 3.40. The fourth-order valence-electron chi connectivity index (χ4n) is 2.46. The van der Waals surface area contributed by atoms with Gasteiger partial charge in [0.25, 0.3) is 5.92 Å². The van der Waals surface area contributed by atoms with E-state index in [0.29, 0.717) is 32.7 Å². The van der Waals surface area contributed by atoms with Crippen LogP contribution in [0, 0.1) is 0 Å². The van der Waals surface area contributed by atoms with Gasteiger partial charge in [-0.3, -0.25) is 9.69 Å². The van der Waals surface area contributed by atoms with Crippen LogP contribution in [0.2, 0.25) is 0 Å². The summed E-state index contributed by atoms with van der Waals surface area (Å²) >= 11 is 0. The molecule has 1 fully saturated rings. The van der Waals surface area contributed by atoms with E-state index >= 15 is 0 Å². The van der Waals surface area contributed by atoms with Gasteiger partial charge in [-0.2, -0.15) is 13.2 Å². The number of morpholine rings is 1. The number of hydrogen-bond donors (Lipinski definition) is 0. The van der Waals surface area contributed by atoms with Gasteiger partial charge in [0, 0.05) is 32.5 Å². The summed E-state index contributed by atoms with van der Waals surface area (Å²) < 4.78 is 73.8. The van der Waals surface area contributed by atoms with Crippen molar-refractivity contribution in [1.29, 1.82) is 0 Å². The molecule has 4 nitrogen and oxygen atoms in total. The lowest BCUT2D eigenvalue weighted by Gasteiger charge is -2.31. The highest BCUT2D eigenvalue weighted by molar-refractivity contribution is 5.69. The lowest BCUT2D eigenvalue weighted by molar-refractivity contribution is -0.191. The Bertz CT molecular complexity index is 384. The first-order chi connectivity index (χ1) is 11.1. The van der Waals surface area contributed by atoms with Crippen LogP contribution in [0.4, 0.5) is 22.0 Å². The van der Waals surface area contributed by atoms with Gasteiger partial charge in [0.2, 0.25) is 0 Å². The molecule has 0 bridgehead atoms. The molecule has 0 aromatic carbocycles. The van der Waals surface area contributed by atoms with Gasteiger partial charge in [-0.05, 0) is 12.8 Å². The molecular weight excluding hydrogens is 337 g/mol. The molecule has 1 rings (SSSR count). The minimum atomic E-state index is -4.93. The summed E-state index contributed by atoms with van der Waals surface area (Å²) in [5.41, 5.74) is 0. The SMILES string of the molecule is CCCC(=O)OC(CCC(F)(F)CC(F)(F)F)CN1CCOCC1. The molecule has 0 radical (unpaired) electrons. The molecule has 1 unspecified atom stereocenters. The molecule has 9 heteroatoms. The van der Waals surface area contributed by atoms with E-state index in [1.165, 1.54) is 0 Å². The Morgan fingerprint density at radius 2 is 1.83 bits per heavy atom. The number of carbonyl (C=O) groups excluding carboxylic acids is 1. The normalized spacial score (nSPS) is 18.4. The third kappa shape index (κ3) is 9.36. The molecule has 0 aliphatic carbocycles.